The molecule has 0 saturated heterocycles. The van der Waals surface area contributed by atoms with Crippen LogP contribution in [-0.2, 0) is 14.3 Å². The number of hydrogen-bond acceptors (Lipinski definition) is 4. The van der Waals surface area contributed by atoms with Gasteiger partial charge < -0.3 is 10.1 Å². The third-order valence-electron chi connectivity index (χ3n) is 3.42. The number of carbonyl (C=O) groups excluding carboxylic acids is 3. The maximum atomic E-state index is 12.0. The summed E-state index contributed by atoms with van der Waals surface area (Å²) in [5.74, 6) is -1.21. The van der Waals surface area contributed by atoms with E-state index >= 15 is 0 Å². The zero-order chi connectivity index (χ0) is 18.2. The molecule has 0 heterocycles. The lowest BCUT2D eigenvalue weighted by Gasteiger charge is -2.13. The molecular formula is C19H18ClNO4. The van der Waals surface area contributed by atoms with Crippen molar-refractivity contribution in [2.24, 2.45) is 0 Å². The summed E-state index contributed by atoms with van der Waals surface area (Å²) < 4.78 is 5.06. The molecule has 130 valence electrons. The summed E-state index contributed by atoms with van der Waals surface area (Å²) >= 11 is 5.85. The molecule has 1 amide bonds. The van der Waals surface area contributed by atoms with E-state index in [1.54, 1.807) is 48.5 Å². The van der Waals surface area contributed by atoms with Gasteiger partial charge in [-0.2, -0.15) is 0 Å². The fourth-order valence-electron chi connectivity index (χ4n) is 2.10. The highest BCUT2D eigenvalue weighted by molar-refractivity contribution is 6.30. The van der Waals surface area contributed by atoms with Gasteiger partial charge in [0.2, 0.25) is 0 Å². The molecule has 0 aliphatic rings. The zero-order valence-electron chi connectivity index (χ0n) is 13.7. The monoisotopic (exact) mass is 359 g/mol. The second kappa shape index (κ2) is 8.99. The number of ketones is 1. The number of hydrogen-bond donors (Lipinski definition) is 1. The molecule has 2 rings (SSSR count). The average Bonchev–Trinajstić information content (AvgIpc) is 2.60. The first-order valence-corrected chi connectivity index (χ1v) is 8.17. The summed E-state index contributed by atoms with van der Waals surface area (Å²) in [6, 6.07) is 15.4. The van der Waals surface area contributed by atoms with Crippen molar-refractivity contribution in [2.75, 3.05) is 5.32 Å². The number of anilines is 1. The molecule has 0 spiro atoms. The number of nitrogens with one attached hydrogen (secondary N) is 1. The van der Waals surface area contributed by atoms with E-state index in [0.29, 0.717) is 16.3 Å². The predicted octanol–water partition coefficient (Wildman–Crippen LogP) is 3.87. The number of carbonyl (C=O) groups is 3. The minimum Gasteiger partial charge on any atom is -0.453 e. The minimum absolute atomic E-state index is 0.0332. The number of benzene rings is 2. The summed E-state index contributed by atoms with van der Waals surface area (Å²) in [5.41, 5.74) is 1.06. The Labute approximate surface area is 150 Å². The Morgan fingerprint density at radius 1 is 1.04 bits per heavy atom. The third-order valence-corrected chi connectivity index (χ3v) is 3.66. The Morgan fingerprint density at radius 2 is 1.76 bits per heavy atom. The van der Waals surface area contributed by atoms with Crippen LogP contribution in [0.3, 0.4) is 0 Å². The van der Waals surface area contributed by atoms with Gasteiger partial charge in [0.15, 0.2) is 11.9 Å². The SMILES string of the molecule is C[C@@H](OC(=O)CCC(=O)c1ccccc1)C(=O)Nc1cccc(Cl)c1. The number of ether oxygens (including phenoxy) is 1. The van der Waals surface area contributed by atoms with E-state index in [1.165, 1.54) is 6.92 Å². The summed E-state index contributed by atoms with van der Waals surface area (Å²) in [6.45, 7) is 1.47. The second-order valence-electron chi connectivity index (χ2n) is 5.42. The lowest BCUT2D eigenvalue weighted by Crippen LogP contribution is -2.30. The summed E-state index contributed by atoms with van der Waals surface area (Å²) in [6.07, 6.45) is -1.02. The van der Waals surface area contributed by atoms with Gasteiger partial charge in [-0.3, -0.25) is 14.4 Å². The van der Waals surface area contributed by atoms with Gasteiger partial charge in [0.1, 0.15) is 0 Å². The number of Topliss-reactive ketones (excluding diaryl/α,β-unsaturated/α-hetero) is 1. The van der Waals surface area contributed by atoms with Gasteiger partial charge in [-0.1, -0.05) is 48.0 Å². The molecule has 0 aliphatic carbocycles. The van der Waals surface area contributed by atoms with Crippen LogP contribution in [0.1, 0.15) is 30.1 Å². The molecule has 2 aromatic carbocycles. The number of rotatable bonds is 7. The highest BCUT2D eigenvalue weighted by atomic mass is 35.5. The van der Waals surface area contributed by atoms with Crippen molar-refractivity contribution in [3.05, 3.63) is 65.2 Å². The summed E-state index contributed by atoms with van der Waals surface area (Å²) in [5, 5.41) is 3.10. The smallest absolute Gasteiger partial charge is 0.307 e. The van der Waals surface area contributed by atoms with Gasteiger partial charge >= 0.3 is 5.97 Å². The third kappa shape index (κ3) is 6.04. The van der Waals surface area contributed by atoms with Gasteiger partial charge in [-0.15, -0.1) is 0 Å². The van der Waals surface area contributed by atoms with Crippen molar-refractivity contribution in [3.8, 4) is 0 Å². The van der Waals surface area contributed by atoms with Gasteiger partial charge in [-0.05, 0) is 25.1 Å². The normalized spacial score (nSPS) is 11.4. The Morgan fingerprint density at radius 3 is 2.44 bits per heavy atom. The van der Waals surface area contributed by atoms with Crippen LogP contribution in [0.4, 0.5) is 5.69 Å². The molecule has 0 saturated carbocycles. The maximum Gasteiger partial charge on any atom is 0.307 e. The van der Waals surface area contributed by atoms with Crippen LogP contribution in [0.15, 0.2) is 54.6 Å². The Balaban J connectivity index is 1.79. The first-order chi connectivity index (χ1) is 12.0. The minimum atomic E-state index is -0.974. The van der Waals surface area contributed by atoms with Crippen molar-refractivity contribution < 1.29 is 19.1 Å². The van der Waals surface area contributed by atoms with Crippen molar-refractivity contribution in [2.45, 2.75) is 25.9 Å². The fraction of sp³-hybridized carbons (Fsp3) is 0.211. The van der Waals surface area contributed by atoms with Crippen molar-refractivity contribution in [1.82, 2.24) is 0 Å². The Bertz CT molecular complexity index is 761. The first-order valence-electron chi connectivity index (χ1n) is 7.80. The lowest BCUT2D eigenvalue weighted by molar-refractivity contribution is -0.153. The molecule has 25 heavy (non-hydrogen) atoms. The summed E-state index contributed by atoms with van der Waals surface area (Å²) in [4.78, 5) is 35.8. The van der Waals surface area contributed by atoms with Crippen molar-refractivity contribution in [1.29, 1.82) is 0 Å². The van der Waals surface area contributed by atoms with E-state index in [0.717, 1.165) is 0 Å². The molecular weight excluding hydrogens is 342 g/mol. The molecule has 0 unspecified atom stereocenters. The molecule has 2 aromatic rings. The van der Waals surface area contributed by atoms with E-state index in [-0.39, 0.29) is 18.6 Å². The Hall–Kier alpha value is -2.66. The lowest BCUT2D eigenvalue weighted by atomic mass is 10.1. The standard InChI is InChI=1S/C19H18ClNO4/c1-13(19(24)21-16-9-5-8-15(20)12-16)25-18(23)11-10-17(22)14-6-3-2-4-7-14/h2-9,12-13H,10-11H2,1H3,(H,21,24)/t13-/m1/s1. The van der Waals surface area contributed by atoms with E-state index in [9.17, 15) is 14.4 Å². The fourth-order valence-corrected chi connectivity index (χ4v) is 2.29. The second-order valence-corrected chi connectivity index (χ2v) is 5.86. The molecule has 0 aliphatic heterocycles. The van der Waals surface area contributed by atoms with E-state index < -0.39 is 18.0 Å². The van der Waals surface area contributed by atoms with Crippen LogP contribution in [0.5, 0.6) is 0 Å². The number of amides is 1. The molecule has 1 N–H and O–H groups in total. The maximum absolute atomic E-state index is 12.0. The van der Waals surface area contributed by atoms with Crippen LogP contribution >= 0.6 is 11.6 Å². The van der Waals surface area contributed by atoms with Crippen molar-refractivity contribution >= 4 is 34.9 Å². The zero-order valence-corrected chi connectivity index (χ0v) is 14.5. The highest BCUT2D eigenvalue weighted by Gasteiger charge is 2.19. The van der Waals surface area contributed by atoms with Crippen LogP contribution in [-0.4, -0.2) is 23.8 Å². The van der Waals surface area contributed by atoms with Gasteiger partial charge in [0.05, 0.1) is 6.42 Å². The highest BCUT2D eigenvalue weighted by Crippen LogP contribution is 2.15. The van der Waals surface area contributed by atoms with Crippen LogP contribution in [0.2, 0.25) is 5.02 Å². The van der Waals surface area contributed by atoms with Crippen LogP contribution in [0.25, 0.3) is 0 Å². The number of halogens is 1. The van der Waals surface area contributed by atoms with Crippen molar-refractivity contribution in [3.63, 3.8) is 0 Å². The van der Waals surface area contributed by atoms with Gasteiger partial charge in [0, 0.05) is 22.7 Å². The first kappa shape index (κ1) is 18.7. The van der Waals surface area contributed by atoms with Crippen LogP contribution in [0, 0.1) is 0 Å². The molecule has 0 fully saturated rings. The van der Waals surface area contributed by atoms with Gasteiger partial charge in [0.25, 0.3) is 5.91 Å². The number of esters is 1. The molecule has 0 radical (unpaired) electrons. The average molecular weight is 360 g/mol. The van der Waals surface area contributed by atoms with E-state index in [4.69, 9.17) is 16.3 Å². The quantitative estimate of drug-likeness (QED) is 0.601. The topological polar surface area (TPSA) is 72.5 Å². The predicted molar refractivity (Wildman–Crippen MR) is 95.6 cm³/mol. The molecule has 1 atom stereocenters. The van der Waals surface area contributed by atoms with Gasteiger partial charge in [-0.25, -0.2) is 0 Å². The molecule has 5 nitrogen and oxygen atoms in total. The van der Waals surface area contributed by atoms with E-state index in [2.05, 4.69) is 5.32 Å². The largest absolute Gasteiger partial charge is 0.453 e. The summed E-state index contributed by atoms with van der Waals surface area (Å²) in [7, 11) is 0. The Kier molecular flexibility index (Phi) is 6.71. The molecule has 0 bridgehead atoms. The molecule has 0 aromatic heterocycles. The van der Waals surface area contributed by atoms with Crippen LogP contribution < -0.4 is 5.32 Å². The van der Waals surface area contributed by atoms with E-state index in [1.807, 2.05) is 6.07 Å². The molecule has 6 heteroatoms.